The first kappa shape index (κ1) is 16.7. The van der Waals surface area contributed by atoms with Gasteiger partial charge in [-0.15, -0.1) is 11.3 Å². The molecule has 4 aromatic heterocycles. The number of aromatic nitrogens is 5. The number of nitrogens with zero attached hydrogens (tertiary/aromatic N) is 5. The van der Waals surface area contributed by atoms with Gasteiger partial charge in [0, 0.05) is 17.8 Å². The van der Waals surface area contributed by atoms with E-state index in [2.05, 4.69) is 42.1 Å². The largest absolute Gasteiger partial charge is 0.360 e. The van der Waals surface area contributed by atoms with Gasteiger partial charge in [-0.25, -0.2) is 15.0 Å². The molecule has 0 aliphatic rings. The summed E-state index contributed by atoms with van der Waals surface area (Å²) in [6.07, 6.45) is 3.85. The fraction of sp³-hybridized carbons (Fsp3) is 0.263. The van der Waals surface area contributed by atoms with Gasteiger partial charge in [-0.1, -0.05) is 6.07 Å². The fourth-order valence-electron chi connectivity index (χ4n) is 3.02. The molecule has 7 heteroatoms. The molecule has 6 nitrogen and oxygen atoms in total. The van der Waals surface area contributed by atoms with E-state index in [0.29, 0.717) is 6.54 Å². The molecule has 26 heavy (non-hydrogen) atoms. The molecule has 0 bridgehead atoms. The quantitative estimate of drug-likeness (QED) is 0.577. The lowest BCUT2D eigenvalue weighted by atomic mass is 10.2. The average Bonchev–Trinajstić information content (AvgIpc) is 3.22. The number of hydrogen-bond donors (Lipinski definition) is 1. The van der Waals surface area contributed by atoms with Crippen molar-refractivity contribution in [2.75, 3.05) is 5.32 Å². The van der Waals surface area contributed by atoms with E-state index in [1.165, 1.54) is 0 Å². The Morgan fingerprint density at radius 2 is 2.04 bits per heavy atom. The first-order chi connectivity index (χ1) is 12.6. The van der Waals surface area contributed by atoms with E-state index >= 15 is 0 Å². The highest BCUT2D eigenvalue weighted by Crippen LogP contribution is 2.26. The molecule has 1 atom stereocenters. The van der Waals surface area contributed by atoms with Crippen LogP contribution in [-0.2, 0) is 6.54 Å². The average molecular weight is 364 g/mol. The molecule has 0 aliphatic heterocycles. The second-order valence-electron chi connectivity index (χ2n) is 6.28. The van der Waals surface area contributed by atoms with Crippen LogP contribution in [-0.4, -0.2) is 24.5 Å². The Balaban J connectivity index is 1.72. The number of nitrogens with one attached hydrogen (secondary N) is 1. The Hall–Kier alpha value is -2.80. The van der Waals surface area contributed by atoms with Crippen LogP contribution in [0.1, 0.15) is 35.2 Å². The summed E-state index contributed by atoms with van der Waals surface area (Å²) in [4.78, 5) is 18.2. The van der Waals surface area contributed by atoms with E-state index in [1.54, 1.807) is 11.3 Å². The third-order valence-electron chi connectivity index (χ3n) is 4.21. The van der Waals surface area contributed by atoms with Crippen LogP contribution in [0.25, 0.3) is 11.0 Å². The zero-order valence-electron chi connectivity index (χ0n) is 15.0. The number of hydrogen-bond acceptors (Lipinski definition) is 6. The van der Waals surface area contributed by atoms with Crippen LogP contribution < -0.4 is 5.32 Å². The van der Waals surface area contributed by atoms with Gasteiger partial charge in [0.2, 0.25) is 0 Å². The first-order valence-corrected chi connectivity index (χ1v) is 9.40. The standard InChI is InChI=1S/C19H20N6S/c1-12(16-6-4-5-8-20-16)21-19-18-17(22-13(2)23-19)7-9-25(18)10-15-11-26-14(3)24-15/h4-9,11-12H,10H2,1-3H3,(H,21,22,23). The van der Waals surface area contributed by atoms with Gasteiger partial charge in [-0.05, 0) is 39.0 Å². The summed E-state index contributed by atoms with van der Waals surface area (Å²) < 4.78 is 2.15. The number of anilines is 1. The molecule has 4 aromatic rings. The third-order valence-corrected chi connectivity index (χ3v) is 5.03. The number of pyridine rings is 1. The topological polar surface area (TPSA) is 68.5 Å². The maximum Gasteiger partial charge on any atom is 0.154 e. The van der Waals surface area contributed by atoms with Crippen LogP contribution in [0, 0.1) is 13.8 Å². The van der Waals surface area contributed by atoms with Crippen molar-refractivity contribution < 1.29 is 0 Å². The van der Waals surface area contributed by atoms with Crippen LogP contribution in [0.15, 0.2) is 42.0 Å². The summed E-state index contributed by atoms with van der Waals surface area (Å²) in [5.74, 6) is 1.57. The summed E-state index contributed by atoms with van der Waals surface area (Å²) in [6, 6.07) is 8.00. The normalized spacial score (nSPS) is 12.4. The maximum atomic E-state index is 4.66. The van der Waals surface area contributed by atoms with Gasteiger partial charge in [-0.3, -0.25) is 4.98 Å². The minimum atomic E-state index is 0.0403. The van der Waals surface area contributed by atoms with E-state index in [1.807, 2.05) is 50.5 Å². The van der Waals surface area contributed by atoms with Crippen molar-refractivity contribution >= 4 is 28.2 Å². The zero-order chi connectivity index (χ0) is 18.1. The lowest BCUT2D eigenvalue weighted by molar-refractivity contribution is 0.798. The molecule has 1 N–H and O–H groups in total. The number of aryl methyl sites for hydroxylation is 2. The molecular weight excluding hydrogens is 344 g/mol. The molecule has 0 radical (unpaired) electrons. The molecular formula is C19H20N6S. The molecule has 132 valence electrons. The predicted molar refractivity (Wildman–Crippen MR) is 104 cm³/mol. The van der Waals surface area contributed by atoms with Crippen molar-refractivity contribution in [3.8, 4) is 0 Å². The Morgan fingerprint density at radius 3 is 2.77 bits per heavy atom. The van der Waals surface area contributed by atoms with E-state index in [4.69, 9.17) is 0 Å². The molecule has 4 rings (SSSR count). The van der Waals surface area contributed by atoms with Crippen LogP contribution in [0.4, 0.5) is 5.82 Å². The third kappa shape index (κ3) is 3.30. The van der Waals surface area contributed by atoms with Crippen molar-refractivity contribution in [2.45, 2.75) is 33.4 Å². The van der Waals surface area contributed by atoms with Gasteiger partial charge in [0.1, 0.15) is 11.3 Å². The SMILES string of the molecule is Cc1nc(NC(C)c2ccccn2)c2c(ccn2Cc2csc(C)n2)n1. The number of rotatable bonds is 5. The van der Waals surface area contributed by atoms with Crippen molar-refractivity contribution in [3.05, 3.63) is 64.3 Å². The van der Waals surface area contributed by atoms with Crippen molar-refractivity contribution in [1.29, 1.82) is 0 Å². The highest BCUT2D eigenvalue weighted by atomic mass is 32.1. The highest BCUT2D eigenvalue weighted by molar-refractivity contribution is 7.09. The van der Waals surface area contributed by atoms with Crippen molar-refractivity contribution in [1.82, 2.24) is 24.5 Å². The minimum absolute atomic E-state index is 0.0403. The smallest absolute Gasteiger partial charge is 0.154 e. The van der Waals surface area contributed by atoms with Crippen LogP contribution in [0.3, 0.4) is 0 Å². The van der Waals surface area contributed by atoms with E-state index in [9.17, 15) is 0 Å². The molecule has 0 spiro atoms. The Kier molecular flexibility index (Phi) is 4.38. The van der Waals surface area contributed by atoms with E-state index < -0.39 is 0 Å². The van der Waals surface area contributed by atoms with E-state index in [-0.39, 0.29) is 6.04 Å². The van der Waals surface area contributed by atoms with E-state index in [0.717, 1.165) is 39.1 Å². The number of fused-ring (bicyclic) bond motifs is 1. The minimum Gasteiger partial charge on any atom is -0.360 e. The summed E-state index contributed by atoms with van der Waals surface area (Å²) in [6.45, 7) is 6.72. The molecule has 0 saturated heterocycles. The lowest BCUT2D eigenvalue weighted by Gasteiger charge is -2.16. The van der Waals surface area contributed by atoms with Gasteiger partial charge in [0.15, 0.2) is 5.82 Å². The maximum absolute atomic E-state index is 4.66. The van der Waals surface area contributed by atoms with Crippen LogP contribution in [0.5, 0.6) is 0 Å². The van der Waals surface area contributed by atoms with Crippen molar-refractivity contribution in [2.24, 2.45) is 0 Å². The van der Waals surface area contributed by atoms with Gasteiger partial charge in [0.25, 0.3) is 0 Å². The van der Waals surface area contributed by atoms with Gasteiger partial charge >= 0.3 is 0 Å². The summed E-state index contributed by atoms with van der Waals surface area (Å²) in [5.41, 5.74) is 3.95. The zero-order valence-corrected chi connectivity index (χ0v) is 15.8. The molecule has 0 aliphatic carbocycles. The Bertz CT molecular complexity index is 1040. The second kappa shape index (κ2) is 6.84. The molecule has 0 aromatic carbocycles. The molecule has 0 saturated carbocycles. The van der Waals surface area contributed by atoms with Gasteiger partial charge in [-0.2, -0.15) is 0 Å². The fourth-order valence-corrected chi connectivity index (χ4v) is 3.63. The van der Waals surface area contributed by atoms with Crippen molar-refractivity contribution in [3.63, 3.8) is 0 Å². The summed E-state index contributed by atoms with van der Waals surface area (Å²) in [7, 11) is 0. The lowest BCUT2D eigenvalue weighted by Crippen LogP contribution is -2.12. The molecule has 0 amide bonds. The van der Waals surface area contributed by atoms with Gasteiger partial charge in [0.05, 0.1) is 34.5 Å². The predicted octanol–water partition coefficient (Wildman–Crippen LogP) is 4.12. The Labute approximate surface area is 156 Å². The highest BCUT2D eigenvalue weighted by Gasteiger charge is 2.15. The van der Waals surface area contributed by atoms with Gasteiger partial charge < -0.3 is 9.88 Å². The van der Waals surface area contributed by atoms with Crippen LogP contribution >= 0.6 is 11.3 Å². The molecule has 1 unspecified atom stereocenters. The summed E-state index contributed by atoms with van der Waals surface area (Å²) >= 11 is 1.67. The summed E-state index contributed by atoms with van der Waals surface area (Å²) in [5, 5.41) is 6.68. The molecule has 4 heterocycles. The monoisotopic (exact) mass is 364 g/mol. The first-order valence-electron chi connectivity index (χ1n) is 8.52. The second-order valence-corrected chi connectivity index (χ2v) is 7.34. The Morgan fingerprint density at radius 1 is 1.15 bits per heavy atom. The molecule has 0 fully saturated rings. The number of thiazole rings is 1. The van der Waals surface area contributed by atoms with Crippen LogP contribution in [0.2, 0.25) is 0 Å².